The van der Waals surface area contributed by atoms with Gasteiger partial charge in [0.2, 0.25) is 5.91 Å². The van der Waals surface area contributed by atoms with Gasteiger partial charge >= 0.3 is 5.97 Å². The number of esters is 1. The minimum absolute atomic E-state index is 0.0272. The van der Waals surface area contributed by atoms with Gasteiger partial charge in [0.1, 0.15) is 0 Å². The zero-order valence-electron chi connectivity index (χ0n) is 52.7. The molecule has 0 aromatic rings. The van der Waals surface area contributed by atoms with E-state index < -0.39 is 12.1 Å². The Balaban J connectivity index is 3.26. The highest BCUT2D eigenvalue weighted by Crippen LogP contribution is 2.20. The van der Waals surface area contributed by atoms with Crippen LogP contribution >= 0.6 is 0 Å². The zero-order valence-corrected chi connectivity index (χ0v) is 52.7. The number of hydrogen-bond acceptors (Lipinski definition) is 5. The molecule has 2 unspecified atom stereocenters. The molecule has 0 aliphatic heterocycles. The summed E-state index contributed by atoms with van der Waals surface area (Å²) in [5.41, 5.74) is 0. The summed E-state index contributed by atoms with van der Waals surface area (Å²) >= 11 is 0. The smallest absolute Gasteiger partial charge is 0.305 e. The molecule has 0 spiro atoms. The van der Waals surface area contributed by atoms with E-state index >= 15 is 0 Å². The second-order valence-corrected chi connectivity index (χ2v) is 24.9. The number of carbonyl (C=O) groups is 2. The summed E-state index contributed by atoms with van der Waals surface area (Å²) in [6.07, 6.45) is 81.9. The number of ether oxygens (including phenoxy) is 1. The lowest BCUT2D eigenvalue weighted by molar-refractivity contribution is -0.143. The second kappa shape index (κ2) is 67.4. The Morgan fingerprint density at radius 3 is 0.792 bits per heavy atom. The van der Waals surface area contributed by atoms with Gasteiger partial charge < -0.3 is 20.3 Å². The van der Waals surface area contributed by atoms with Crippen LogP contribution in [0.2, 0.25) is 0 Å². The van der Waals surface area contributed by atoms with Crippen molar-refractivity contribution in [3.8, 4) is 0 Å². The molecule has 0 aliphatic carbocycles. The number of carbonyl (C=O) groups excluding carboxylic acids is 2. The van der Waals surface area contributed by atoms with E-state index in [1.54, 1.807) is 0 Å². The Morgan fingerprint density at radius 2 is 0.532 bits per heavy atom. The van der Waals surface area contributed by atoms with Crippen molar-refractivity contribution in [2.45, 2.75) is 431 Å². The average molecular weight is 1090 g/mol. The van der Waals surface area contributed by atoms with Crippen molar-refractivity contribution in [3.63, 3.8) is 0 Å². The molecule has 0 fully saturated rings. The maximum atomic E-state index is 12.4. The van der Waals surface area contributed by atoms with Crippen molar-refractivity contribution in [1.82, 2.24) is 5.32 Å². The van der Waals surface area contributed by atoms with Crippen molar-refractivity contribution in [3.05, 3.63) is 0 Å². The maximum Gasteiger partial charge on any atom is 0.305 e. The van der Waals surface area contributed by atoms with E-state index in [1.165, 1.54) is 347 Å². The van der Waals surface area contributed by atoms with E-state index in [0.717, 1.165) is 38.5 Å². The van der Waals surface area contributed by atoms with Crippen LogP contribution in [0.5, 0.6) is 0 Å². The van der Waals surface area contributed by atoms with Gasteiger partial charge in [0, 0.05) is 12.8 Å². The average Bonchev–Trinajstić information content (AvgIpc) is 3.43. The molecule has 0 bridgehead atoms. The van der Waals surface area contributed by atoms with E-state index in [1.807, 2.05) is 0 Å². The highest BCUT2D eigenvalue weighted by atomic mass is 16.5. The number of unbranched alkanes of at least 4 members (excludes halogenated alkanes) is 57. The van der Waals surface area contributed by atoms with E-state index in [9.17, 15) is 19.8 Å². The number of amides is 1. The minimum Gasteiger partial charge on any atom is -0.466 e. The summed E-state index contributed by atoms with van der Waals surface area (Å²) in [6, 6.07) is -0.534. The van der Waals surface area contributed by atoms with E-state index in [-0.39, 0.29) is 18.5 Å². The Hall–Kier alpha value is -1.14. The van der Waals surface area contributed by atoms with Crippen LogP contribution in [-0.4, -0.2) is 47.4 Å². The van der Waals surface area contributed by atoms with Crippen molar-refractivity contribution in [2.24, 2.45) is 0 Å². The van der Waals surface area contributed by atoms with Gasteiger partial charge in [-0.3, -0.25) is 9.59 Å². The first kappa shape index (κ1) is 75.9. The van der Waals surface area contributed by atoms with Crippen LogP contribution in [0, 0.1) is 0 Å². The number of rotatable bonds is 68. The lowest BCUT2D eigenvalue weighted by atomic mass is 10.0. The summed E-state index contributed by atoms with van der Waals surface area (Å²) in [6.45, 7) is 4.98. The molecule has 0 aliphatic rings. The highest BCUT2D eigenvalue weighted by molar-refractivity contribution is 5.76. The fourth-order valence-electron chi connectivity index (χ4n) is 11.7. The van der Waals surface area contributed by atoms with Crippen LogP contribution in [0.25, 0.3) is 0 Å². The van der Waals surface area contributed by atoms with Crippen LogP contribution in [0.15, 0.2) is 0 Å². The number of aliphatic hydroxyl groups excluding tert-OH is 2. The van der Waals surface area contributed by atoms with Crippen LogP contribution in [-0.2, 0) is 14.3 Å². The standard InChI is InChI=1S/C71H141NO5/c1-3-5-7-9-11-13-14-15-16-17-36-39-42-45-49-53-57-61-65-71(76)77-66-62-58-54-50-46-43-40-37-34-32-30-28-26-24-22-20-18-19-21-23-25-27-29-31-33-35-38-41-44-48-52-56-60-64-70(75)72-68(67-73)69(74)63-59-55-51-47-12-10-8-6-4-2/h68-69,73-74H,3-67H2,1-2H3,(H,72,75). The molecule has 0 aromatic heterocycles. The molecular weight excluding hydrogens is 947 g/mol. The molecule has 6 nitrogen and oxygen atoms in total. The molecule has 1 amide bonds. The summed E-state index contributed by atoms with van der Waals surface area (Å²) in [5.74, 6) is -0.00288. The quantitative estimate of drug-likeness (QED) is 0.0417. The molecule has 2 atom stereocenters. The molecule has 0 heterocycles. The normalized spacial score (nSPS) is 12.4. The maximum absolute atomic E-state index is 12.4. The zero-order chi connectivity index (χ0) is 55.7. The first-order valence-electron chi connectivity index (χ1n) is 35.8. The molecule has 3 N–H and O–H groups in total. The molecule has 6 heteroatoms. The lowest BCUT2D eigenvalue weighted by Crippen LogP contribution is -2.45. The van der Waals surface area contributed by atoms with Crippen LogP contribution in [0.1, 0.15) is 418 Å². The SMILES string of the molecule is CCCCCCCCCCCCCCCCCCCCC(=O)OCCCCCCCCCCCCCCCCCCCCCCCCCCCCCCCCCCCC(=O)NC(CO)C(O)CCCCCCCCCCC. The minimum atomic E-state index is -0.657. The molecule has 77 heavy (non-hydrogen) atoms. The molecule has 0 rings (SSSR count). The molecule has 0 radical (unpaired) electrons. The third kappa shape index (κ3) is 63.9. The van der Waals surface area contributed by atoms with Gasteiger partial charge in [-0.15, -0.1) is 0 Å². The predicted octanol–water partition coefficient (Wildman–Crippen LogP) is 23.0. The van der Waals surface area contributed by atoms with E-state index in [4.69, 9.17) is 4.74 Å². The van der Waals surface area contributed by atoms with Crippen molar-refractivity contribution >= 4 is 11.9 Å². The van der Waals surface area contributed by atoms with Crippen molar-refractivity contribution < 1.29 is 24.5 Å². The monoisotopic (exact) mass is 1090 g/mol. The first-order valence-corrected chi connectivity index (χ1v) is 35.8. The fourth-order valence-corrected chi connectivity index (χ4v) is 11.7. The third-order valence-electron chi connectivity index (χ3n) is 17.2. The molecular formula is C71H141NO5. The van der Waals surface area contributed by atoms with Gasteiger partial charge in [-0.05, 0) is 25.7 Å². The van der Waals surface area contributed by atoms with Gasteiger partial charge in [0.25, 0.3) is 0 Å². The first-order chi connectivity index (χ1) is 38.0. The van der Waals surface area contributed by atoms with Gasteiger partial charge in [-0.2, -0.15) is 0 Å². The lowest BCUT2D eigenvalue weighted by Gasteiger charge is -2.22. The predicted molar refractivity (Wildman–Crippen MR) is 338 cm³/mol. The molecule has 0 saturated heterocycles. The summed E-state index contributed by atoms with van der Waals surface area (Å²) in [5, 5.41) is 23.1. The highest BCUT2D eigenvalue weighted by Gasteiger charge is 2.20. The summed E-state index contributed by atoms with van der Waals surface area (Å²) < 4.78 is 5.52. The molecule has 0 saturated carbocycles. The van der Waals surface area contributed by atoms with Crippen molar-refractivity contribution in [2.75, 3.05) is 13.2 Å². The number of aliphatic hydroxyl groups is 2. The molecule has 0 aromatic carbocycles. The Bertz CT molecular complexity index is 1120. The number of hydrogen-bond donors (Lipinski definition) is 3. The largest absolute Gasteiger partial charge is 0.466 e. The van der Waals surface area contributed by atoms with Crippen LogP contribution in [0.4, 0.5) is 0 Å². The van der Waals surface area contributed by atoms with E-state index in [0.29, 0.717) is 25.9 Å². The summed E-state index contributed by atoms with van der Waals surface area (Å²) in [7, 11) is 0. The van der Waals surface area contributed by atoms with Crippen LogP contribution in [0.3, 0.4) is 0 Å². The summed E-state index contributed by atoms with van der Waals surface area (Å²) in [4.78, 5) is 24.5. The van der Waals surface area contributed by atoms with Crippen molar-refractivity contribution in [1.29, 1.82) is 0 Å². The van der Waals surface area contributed by atoms with Gasteiger partial charge in [-0.25, -0.2) is 0 Å². The number of nitrogens with one attached hydrogen (secondary N) is 1. The Morgan fingerprint density at radius 1 is 0.312 bits per heavy atom. The van der Waals surface area contributed by atoms with E-state index in [2.05, 4.69) is 19.2 Å². The Labute approximate surface area is 483 Å². The van der Waals surface area contributed by atoms with Crippen LogP contribution < -0.4 is 5.32 Å². The third-order valence-corrected chi connectivity index (χ3v) is 17.2. The topological polar surface area (TPSA) is 95.9 Å². The Kier molecular flexibility index (Phi) is 66.4. The van der Waals surface area contributed by atoms with Gasteiger partial charge in [-0.1, -0.05) is 380 Å². The second-order valence-electron chi connectivity index (χ2n) is 24.9. The van der Waals surface area contributed by atoms with Gasteiger partial charge in [0.05, 0.1) is 25.4 Å². The molecule has 460 valence electrons. The van der Waals surface area contributed by atoms with Gasteiger partial charge in [0.15, 0.2) is 0 Å². The fraction of sp³-hybridized carbons (Fsp3) is 0.972.